The molecule has 2 heterocycles. The summed E-state index contributed by atoms with van der Waals surface area (Å²) in [6.07, 6.45) is 1.33. The van der Waals surface area contributed by atoms with E-state index in [0.717, 1.165) is 18.8 Å². The van der Waals surface area contributed by atoms with Gasteiger partial charge in [-0.1, -0.05) is 23.7 Å². The van der Waals surface area contributed by atoms with E-state index in [-0.39, 0.29) is 5.56 Å². The molecule has 0 bridgehead atoms. The van der Waals surface area contributed by atoms with Crippen LogP contribution in [0.1, 0.15) is 10.4 Å². The number of anilines is 3. The first-order valence-corrected chi connectivity index (χ1v) is 9.52. The maximum absolute atomic E-state index is 11.7. The van der Waals surface area contributed by atoms with Crippen molar-refractivity contribution in [3.05, 3.63) is 53.2 Å². The predicted octanol–water partition coefficient (Wildman–Crippen LogP) is 2.84. The van der Waals surface area contributed by atoms with E-state index in [2.05, 4.69) is 15.2 Å². The molecule has 0 spiro atoms. The van der Waals surface area contributed by atoms with Crippen LogP contribution in [0.4, 0.5) is 17.1 Å². The number of carboxylic acids is 1. The molecule has 150 valence electrons. The third kappa shape index (κ3) is 3.79. The fourth-order valence-electron chi connectivity index (χ4n) is 3.44. The molecule has 0 aliphatic carbocycles. The Balaban J connectivity index is 1.83. The SMILES string of the molecule is COc1ccc(Nc2c(C(=O)[O-])cnc3c(N4CCOCC4)cccc23)cc1Cl. The van der Waals surface area contributed by atoms with Crippen molar-refractivity contribution >= 4 is 45.5 Å². The van der Waals surface area contributed by atoms with E-state index >= 15 is 0 Å². The van der Waals surface area contributed by atoms with Crippen LogP contribution in [0, 0.1) is 0 Å². The monoisotopic (exact) mass is 412 g/mol. The average molecular weight is 413 g/mol. The van der Waals surface area contributed by atoms with Gasteiger partial charge in [0.25, 0.3) is 0 Å². The Hall–Kier alpha value is -3.03. The van der Waals surface area contributed by atoms with Crippen molar-refractivity contribution in [2.75, 3.05) is 43.6 Å². The second-order valence-electron chi connectivity index (χ2n) is 6.58. The first-order valence-electron chi connectivity index (χ1n) is 9.15. The van der Waals surface area contributed by atoms with Crippen LogP contribution in [-0.4, -0.2) is 44.4 Å². The number of rotatable bonds is 5. The summed E-state index contributed by atoms with van der Waals surface area (Å²) >= 11 is 6.22. The van der Waals surface area contributed by atoms with Crippen molar-refractivity contribution in [1.29, 1.82) is 0 Å². The van der Waals surface area contributed by atoms with Gasteiger partial charge in [-0.2, -0.15) is 0 Å². The Morgan fingerprint density at radius 1 is 1.28 bits per heavy atom. The maximum atomic E-state index is 11.7. The number of carbonyl (C=O) groups excluding carboxylic acids is 1. The number of hydrogen-bond donors (Lipinski definition) is 1. The minimum absolute atomic E-state index is 0.0245. The van der Waals surface area contributed by atoms with Crippen molar-refractivity contribution in [3.63, 3.8) is 0 Å². The van der Waals surface area contributed by atoms with Gasteiger partial charge in [-0.15, -0.1) is 0 Å². The van der Waals surface area contributed by atoms with Crippen molar-refractivity contribution in [2.45, 2.75) is 0 Å². The van der Waals surface area contributed by atoms with Gasteiger partial charge >= 0.3 is 0 Å². The smallest absolute Gasteiger partial charge is 0.137 e. The van der Waals surface area contributed by atoms with Crippen LogP contribution < -0.4 is 20.1 Å². The molecule has 4 rings (SSSR count). The molecule has 0 unspecified atom stereocenters. The number of methoxy groups -OCH3 is 1. The number of para-hydroxylation sites is 1. The second kappa shape index (κ2) is 8.14. The zero-order valence-electron chi connectivity index (χ0n) is 15.8. The topological polar surface area (TPSA) is 86.8 Å². The lowest BCUT2D eigenvalue weighted by molar-refractivity contribution is -0.254. The Morgan fingerprint density at radius 3 is 2.76 bits per heavy atom. The van der Waals surface area contributed by atoms with Crippen molar-refractivity contribution in [1.82, 2.24) is 4.98 Å². The number of hydrogen-bond acceptors (Lipinski definition) is 7. The van der Waals surface area contributed by atoms with Crippen LogP contribution in [0.25, 0.3) is 10.9 Å². The number of morpholine rings is 1. The number of nitrogens with zero attached hydrogens (tertiary/aromatic N) is 2. The minimum Gasteiger partial charge on any atom is -0.545 e. The second-order valence-corrected chi connectivity index (χ2v) is 6.99. The molecule has 0 radical (unpaired) electrons. The normalized spacial score (nSPS) is 14.1. The molecule has 1 N–H and O–H groups in total. The van der Waals surface area contributed by atoms with Gasteiger partial charge in [0.15, 0.2) is 0 Å². The summed E-state index contributed by atoms with van der Waals surface area (Å²) in [4.78, 5) is 18.4. The number of ether oxygens (including phenoxy) is 2. The van der Waals surface area contributed by atoms with E-state index in [1.54, 1.807) is 18.2 Å². The van der Waals surface area contributed by atoms with Crippen LogP contribution in [0.15, 0.2) is 42.6 Å². The fraction of sp³-hybridized carbons (Fsp3) is 0.238. The summed E-state index contributed by atoms with van der Waals surface area (Å²) in [6.45, 7) is 2.78. The highest BCUT2D eigenvalue weighted by molar-refractivity contribution is 6.32. The van der Waals surface area contributed by atoms with E-state index in [4.69, 9.17) is 21.1 Å². The molecule has 1 aliphatic heterocycles. The number of aromatic nitrogens is 1. The summed E-state index contributed by atoms with van der Waals surface area (Å²) in [6, 6.07) is 10.9. The molecule has 2 aromatic carbocycles. The fourth-order valence-corrected chi connectivity index (χ4v) is 3.70. The van der Waals surface area contributed by atoms with Gasteiger partial charge in [0.2, 0.25) is 0 Å². The lowest BCUT2D eigenvalue weighted by Gasteiger charge is -2.30. The van der Waals surface area contributed by atoms with E-state index < -0.39 is 5.97 Å². The summed E-state index contributed by atoms with van der Waals surface area (Å²) in [5, 5.41) is 16.0. The van der Waals surface area contributed by atoms with Gasteiger partial charge in [0, 0.05) is 35.9 Å². The molecule has 0 amide bonds. The number of carbonyl (C=O) groups is 1. The minimum atomic E-state index is -1.31. The van der Waals surface area contributed by atoms with Gasteiger partial charge in [0.1, 0.15) is 5.75 Å². The van der Waals surface area contributed by atoms with E-state index in [0.29, 0.717) is 46.3 Å². The van der Waals surface area contributed by atoms with E-state index in [1.807, 2.05) is 18.2 Å². The molecular formula is C21H19ClN3O4-. The molecule has 29 heavy (non-hydrogen) atoms. The molecule has 7 nitrogen and oxygen atoms in total. The van der Waals surface area contributed by atoms with Crippen LogP contribution in [0.2, 0.25) is 5.02 Å². The van der Waals surface area contributed by atoms with Gasteiger partial charge in [0.05, 0.1) is 48.2 Å². The van der Waals surface area contributed by atoms with Gasteiger partial charge in [-0.05, 0) is 24.3 Å². The molecule has 0 atom stereocenters. The first kappa shape index (κ1) is 19.3. The van der Waals surface area contributed by atoms with Crippen molar-refractivity contribution in [3.8, 4) is 5.75 Å². The van der Waals surface area contributed by atoms with E-state index in [9.17, 15) is 9.90 Å². The standard InChI is InChI=1S/C21H20ClN3O4/c1-28-18-6-5-13(11-16(18)22)24-19-14-3-2-4-17(25-7-9-29-10-8-25)20(14)23-12-15(19)21(26)27/h2-6,11-12H,7-10H2,1H3,(H,23,24)(H,26,27)/p-1. The molecular weight excluding hydrogens is 394 g/mol. The van der Waals surface area contributed by atoms with Crippen molar-refractivity contribution < 1.29 is 19.4 Å². The van der Waals surface area contributed by atoms with Gasteiger partial charge < -0.3 is 29.6 Å². The predicted molar refractivity (Wildman–Crippen MR) is 110 cm³/mol. The lowest BCUT2D eigenvalue weighted by atomic mass is 10.1. The highest BCUT2D eigenvalue weighted by atomic mass is 35.5. The molecule has 1 aliphatic rings. The molecule has 1 saturated heterocycles. The van der Waals surface area contributed by atoms with Crippen molar-refractivity contribution in [2.24, 2.45) is 0 Å². The van der Waals surface area contributed by atoms with E-state index in [1.165, 1.54) is 13.3 Å². The summed E-state index contributed by atoms with van der Waals surface area (Å²) in [5.74, 6) is -0.773. The highest BCUT2D eigenvalue weighted by Gasteiger charge is 2.18. The molecule has 0 saturated carbocycles. The summed E-state index contributed by atoms with van der Waals surface area (Å²) < 4.78 is 10.6. The Kier molecular flexibility index (Phi) is 5.42. The quantitative estimate of drug-likeness (QED) is 0.689. The number of nitrogens with one attached hydrogen (secondary N) is 1. The lowest BCUT2D eigenvalue weighted by Crippen LogP contribution is -2.36. The van der Waals surface area contributed by atoms with Gasteiger partial charge in [-0.25, -0.2) is 0 Å². The zero-order chi connectivity index (χ0) is 20.4. The molecule has 1 aromatic heterocycles. The number of aromatic carboxylic acids is 1. The number of fused-ring (bicyclic) bond motifs is 1. The maximum Gasteiger partial charge on any atom is 0.137 e. The van der Waals surface area contributed by atoms with Crippen LogP contribution in [0.3, 0.4) is 0 Å². The first-order chi connectivity index (χ1) is 14.1. The number of pyridine rings is 1. The summed E-state index contributed by atoms with van der Waals surface area (Å²) in [7, 11) is 1.53. The summed E-state index contributed by atoms with van der Waals surface area (Å²) in [5.41, 5.74) is 2.66. The molecule has 1 fully saturated rings. The van der Waals surface area contributed by atoms with Crippen LogP contribution in [0.5, 0.6) is 5.75 Å². The largest absolute Gasteiger partial charge is 0.545 e. The molecule has 8 heteroatoms. The average Bonchev–Trinajstić information content (AvgIpc) is 2.74. The van der Waals surface area contributed by atoms with Crippen LogP contribution >= 0.6 is 11.6 Å². The number of carboxylic acid groups (broad SMARTS) is 1. The van der Waals surface area contributed by atoms with Crippen LogP contribution in [-0.2, 0) is 4.74 Å². The zero-order valence-corrected chi connectivity index (χ0v) is 16.5. The Labute approximate surface area is 172 Å². The molecule has 3 aromatic rings. The Morgan fingerprint density at radius 2 is 2.07 bits per heavy atom. The number of halogens is 1. The van der Waals surface area contributed by atoms with Gasteiger partial charge in [-0.3, -0.25) is 4.98 Å². The number of benzene rings is 2. The Bertz CT molecular complexity index is 1070. The third-order valence-electron chi connectivity index (χ3n) is 4.87. The highest BCUT2D eigenvalue weighted by Crippen LogP contribution is 2.35. The third-order valence-corrected chi connectivity index (χ3v) is 5.16.